The standard InChI is InChI=1S/C24H22N2O3/c1-15-6-9-18(10-7-15)21-22(25-19-11-8-16(2)17(3)13-19)24(28)26(23(21)27)14-20-5-4-12-29-20/h4-13,25H,14H2,1-3H3. The molecule has 0 unspecified atom stereocenters. The van der Waals surface area contributed by atoms with Crippen molar-refractivity contribution in [1.29, 1.82) is 0 Å². The van der Waals surface area contributed by atoms with Crippen LogP contribution in [-0.4, -0.2) is 16.7 Å². The summed E-state index contributed by atoms with van der Waals surface area (Å²) in [5.41, 5.74) is 5.50. The van der Waals surface area contributed by atoms with E-state index in [9.17, 15) is 9.59 Å². The highest BCUT2D eigenvalue weighted by Crippen LogP contribution is 2.32. The van der Waals surface area contributed by atoms with Crippen molar-refractivity contribution in [1.82, 2.24) is 4.90 Å². The van der Waals surface area contributed by atoms with Gasteiger partial charge >= 0.3 is 0 Å². The van der Waals surface area contributed by atoms with Crippen molar-refractivity contribution < 1.29 is 14.0 Å². The third-order valence-electron chi connectivity index (χ3n) is 5.18. The zero-order valence-electron chi connectivity index (χ0n) is 16.7. The molecule has 0 spiro atoms. The molecule has 0 fully saturated rings. The van der Waals surface area contributed by atoms with E-state index >= 15 is 0 Å². The molecule has 5 heteroatoms. The third-order valence-corrected chi connectivity index (χ3v) is 5.18. The van der Waals surface area contributed by atoms with Crippen LogP contribution in [0.5, 0.6) is 0 Å². The molecule has 2 amide bonds. The summed E-state index contributed by atoms with van der Waals surface area (Å²) in [7, 11) is 0. The molecular formula is C24H22N2O3. The van der Waals surface area contributed by atoms with Gasteiger partial charge in [-0.2, -0.15) is 0 Å². The number of nitrogens with one attached hydrogen (secondary N) is 1. The summed E-state index contributed by atoms with van der Waals surface area (Å²) in [6.45, 7) is 6.13. The Bertz CT molecular complexity index is 1110. The average Bonchev–Trinajstić information content (AvgIpc) is 3.29. The van der Waals surface area contributed by atoms with Crippen LogP contribution in [-0.2, 0) is 16.1 Å². The SMILES string of the molecule is Cc1ccc(C2=C(Nc3ccc(C)c(C)c3)C(=O)N(Cc3ccco3)C2=O)cc1. The topological polar surface area (TPSA) is 62.6 Å². The van der Waals surface area contributed by atoms with Gasteiger partial charge in [-0.3, -0.25) is 14.5 Å². The quantitative estimate of drug-likeness (QED) is 0.651. The van der Waals surface area contributed by atoms with Crippen molar-refractivity contribution >= 4 is 23.1 Å². The maximum Gasteiger partial charge on any atom is 0.278 e. The normalized spacial score (nSPS) is 14.1. The zero-order chi connectivity index (χ0) is 20.5. The van der Waals surface area contributed by atoms with E-state index in [0.717, 1.165) is 22.4 Å². The molecule has 0 bridgehead atoms. The van der Waals surface area contributed by atoms with Gasteiger partial charge in [0.1, 0.15) is 11.5 Å². The number of benzene rings is 2. The molecule has 0 aliphatic carbocycles. The van der Waals surface area contributed by atoms with Crippen LogP contribution in [0.2, 0.25) is 0 Å². The number of hydrogen-bond donors (Lipinski definition) is 1. The average molecular weight is 386 g/mol. The Labute approximate surface area is 169 Å². The number of anilines is 1. The van der Waals surface area contributed by atoms with E-state index in [4.69, 9.17) is 4.42 Å². The van der Waals surface area contributed by atoms with E-state index in [0.29, 0.717) is 16.9 Å². The second kappa shape index (κ2) is 7.43. The molecule has 0 atom stereocenters. The van der Waals surface area contributed by atoms with Gasteiger partial charge in [0.05, 0.1) is 18.4 Å². The van der Waals surface area contributed by atoms with E-state index < -0.39 is 0 Å². The molecule has 4 rings (SSSR count). The molecule has 2 heterocycles. The van der Waals surface area contributed by atoms with Gasteiger partial charge in [0, 0.05) is 5.69 Å². The van der Waals surface area contributed by atoms with Gasteiger partial charge in [-0.05, 0) is 61.7 Å². The minimum Gasteiger partial charge on any atom is -0.467 e. The molecule has 3 aromatic rings. The summed E-state index contributed by atoms with van der Waals surface area (Å²) in [4.78, 5) is 27.6. The highest BCUT2D eigenvalue weighted by molar-refractivity contribution is 6.36. The van der Waals surface area contributed by atoms with Crippen LogP contribution < -0.4 is 5.32 Å². The first kappa shape index (κ1) is 18.7. The Hall–Kier alpha value is -3.60. The third kappa shape index (κ3) is 3.59. The molecule has 1 aromatic heterocycles. The summed E-state index contributed by atoms with van der Waals surface area (Å²) in [5, 5.41) is 3.20. The predicted molar refractivity (Wildman–Crippen MR) is 112 cm³/mol. The number of carbonyl (C=O) groups excluding carboxylic acids is 2. The summed E-state index contributed by atoms with van der Waals surface area (Å²) in [5.74, 6) is -0.135. The maximum absolute atomic E-state index is 13.2. The molecule has 1 N–H and O–H groups in total. The maximum atomic E-state index is 13.2. The highest BCUT2D eigenvalue weighted by atomic mass is 16.3. The molecule has 5 nitrogen and oxygen atoms in total. The fourth-order valence-electron chi connectivity index (χ4n) is 3.35. The van der Waals surface area contributed by atoms with Crippen LogP contribution in [0.1, 0.15) is 28.0 Å². The fourth-order valence-corrected chi connectivity index (χ4v) is 3.35. The van der Waals surface area contributed by atoms with Crippen LogP contribution in [0.25, 0.3) is 5.57 Å². The Balaban J connectivity index is 1.76. The van der Waals surface area contributed by atoms with E-state index in [1.54, 1.807) is 12.1 Å². The van der Waals surface area contributed by atoms with Gasteiger partial charge in [-0.15, -0.1) is 0 Å². The molecule has 1 aliphatic heterocycles. The molecule has 0 saturated heterocycles. The van der Waals surface area contributed by atoms with Gasteiger partial charge in [0.15, 0.2) is 0 Å². The molecule has 2 aromatic carbocycles. The lowest BCUT2D eigenvalue weighted by atomic mass is 10.0. The Morgan fingerprint density at radius 3 is 2.31 bits per heavy atom. The molecular weight excluding hydrogens is 364 g/mol. The zero-order valence-corrected chi connectivity index (χ0v) is 16.7. The Kier molecular flexibility index (Phi) is 4.80. The van der Waals surface area contributed by atoms with Crippen LogP contribution in [0.15, 0.2) is 71.0 Å². The van der Waals surface area contributed by atoms with Gasteiger partial charge < -0.3 is 9.73 Å². The van der Waals surface area contributed by atoms with Gasteiger partial charge in [-0.1, -0.05) is 35.9 Å². The first-order chi connectivity index (χ1) is 13.9. The summed E-state index contributed by atoms with van der Waals surface area (Å²) in [6.07, 6.45) is 1.53. The molecule has 29 heavy (non-hydrogen) atoms. The largest absolute Gasteiger partial charge is 0.467 e. The number of rotatable bonds is 5. The molecule has 0 saturated carbocycles. The number of amides is 2. The second-order valence-corrected chi connectivity index (χ2v) is 7.32. The Morgan fingerprint density at radius 2 is 1.66 bits per heavy atom. The number of furan rings is 1. The van der Waals surface area contributed by atoms with Crippen molar-refractivity contribution in [3.63, 3.8) is 0 Å². The lowest BCUT2D eigenvalue weighted by Crippen LogP contribution is -2.31. The second-order valence-electron chi connectivity index (χ2n) is 7.32. The monoisotopic (exact) mass is 386 g/mol. The lowest BCUT2D eigenvalue weighted by Gasteiger charge is -2.14. The molecule has 1 aliphatic rings. The fraction of sp³-hybridized carbons (Fsp3) is 0.167. The van der Waals surface area contributed by atoms with Gasteiger partial charge in [0.25, 0.3) is 11.8 Å². The van der Waals surface area contributed by atoms with Gasteiger partial charge in [0.2, 0.25) is 0 Å². The number of aryl methyl sites for hydroxylation is 3. The van der Waals surface area contributed by atoms with E-state index in [1.165, 1.54) is 11.2 Å². The highest BCUT2D eigenvalue weighted by Gasteiger charge is 2.39. The van der Waals surface area contributed by atoms with E-state index in [2.05, 4.69) is 5.32 Å². The van der Waals surface area contributed by atoms with Crippen molar-refractivity contribution in [2.45, 2.75) is 27.3 Å². The van der Waals surface area contributed by atoms with Crippen LogP contribution in [0, 0.1) is 20.8 Å². The van der Waals surface area contributed by atoms with Crippen LogP contribution in [0.3, 0.4) is 0 Å². The lowest BCUT2D eigenvalue weighted by molar-refractivity contribution is -0.137. The van der Waals surface area contributed by atoms with E-state index in [-0.39, 0.29) is 24.1 Å². The van der Waals surface area contributed by atoms with Crippen molar-refractivity contribution in [3.8, 4) is 0 Å². The van der Waals surface area contributed by atoms with Crippen molar-refractivity contribution in [2.75, 3.05) is 5.32 Å². The van der Waals surface area contributed by atoms with Crippen LogP contribution in [0.4, 0.5) is 5.69 Å². The van der Waals surface area contributed by atoms with Crippen molar-refractivity contribution in [2.24, 2.45) is 0 Å². The molecule has 146 valence electrons. The smallest absolute Gasteiger partial charge is 0.278 e. The summed E-state index contributed by atoms with van der Waals surface area (Å²) >= 11 is 0. The minimum atomic E-state index is -0.361. The number of carbonyl (C=O) groups is 2. The molecule has 0 radical (unpaired) electrons. The first-order valence-electron chi connectivity index (χ1n) is 9.48. The predicted octanol–water partition coefficient (Wildman–Crippen LogP) is 4.60. The summed E-state index contributed by atoms with van der Waals surface area (Å²) < 4.78 is 5.35. The number of nitrogens with zero attached hydrogens (tertiary/aromatic N) is 1. The van der Waals surface area contributed by atoms with Crippen molar-refractivity contribution in [3.05, 3.63) is 94.6 Å². The minimum absolute atomic E-state index is 0.0954. The first-order valence-corrected chi connectivity index (χ1v) is 9.48. The van der Waals surface area contributed by atoms with E-state index in [1.807, 2.05) is 63.2 Å². The number of imide groups is 1. The van der Waals surface area contributed by atoms with Crippen LogP contribution >= 0.6 is 0 Å². The summed E-state index contributed by atoms with van der Waals surface area (Å²) in [6, 6.07) is 17.0. The van der Waals surface area contributed by atoms with Gasteiger partial charge in [-0.25, -0.2) is 0 Å². The Morgan fingerprint density at radius 1 is 0.897 bits per heavy atom. The number of hydrogen-bond acceptors (Lipinski definition) is 4.